The second kappa shape index (κ2) is 9.67. The number of halogens is 1. The summed E-state index contributed by atoms with van der Waals surface area (Å²) in [5.74, 6) is 0.601. The molecule has 2 aromatic rings. The molecule has 2 nitrogen and oxygen atoms in total. The van der Waals surface area contributed by atoms with Gasteiger partial charge in [0.15, 0.2) is 11.6 Å². The summed E-state index contributed by atoms with van der Waals surface area (Å²) in [7, 11) is 0. The number of benzene rings is 2. The molecular weight excluding hydrogens is 376 g/mol. The molecule has 0 unspecified atom stereocenters. The molecule has 0 saturated carbocycles. The lowest BCUT2D eigenvalue weighted by Gasteiger charge is -2.15. The Morgan fingerprint density at radius 3 is 2.00 bits per heavy atom. The van der Waals surface area contributed by atoms with Crippen LogP contribution < -0.4 is 0 Å². The Hall–Kier alpha value is -1.74. The average Bonchev–Trinajstić information content (AvgIpc) is 2.66. The Morgan fingerprint density at radius 1 is 0.720 bits per heavy atom. The van der Waals surface area contributed by atoms with Crippen molar-refractivity contribution in [2.24, 2.45) is 0 Å². The second-order valence-electron chi connectivity index (χ2n) is 5.98. The highest BCUT2D eigenvalue weighted by atomic mass is 79.9. The molecular formula is C22H25BrO2. The van der Waals surface area contributed by atoms with E-state index in [4.69, 9.17) is 0 Å². The van der Waals surface area contributed by atoms with E-state index in [1.54, 1.807) is 0 Å². The number of Topliss-reactive ketones (excluding diaryl/α,β-unsaturated/α-hetero) is 2. The molecule has 0 radical (unpaired) electrons. The predicted molar refractivity (Wildman–Crippen MR) is 106 cm³/mol. The topological polar surface area (TPSA) is 34.1 Å². The SMILES string of the molecule is CC.O=C1CCCc2c(Br)cccc21.O=C1CCCc2ccccc21. The van der Waals surface area contributed by atoms with Gasteiger partial charge in [0.2, 0.25) is 0 Å². The van der Waals surface area contributed by atoms with Crippen LogP contribution in [-0.4, -0.2) is 11.6 Å². The lowest BCUT2D eigenvalue weighted by Crippen LogP contribution is -2.10. The van der Waals surface area contributed by atoms with Gasteiger partial charge in [-0.25, -0.2) is 0 Å². The van der Waals surface area contributed by atoms with Gasteiger partial charge < -0.3 is 0 Å². The number of fused-ring (bicyclic) bond motifs is 2. The smallest absolute Gasteiger partial charge is 0.163 e. The fourth-order valence-corrected chi connectivity index (χ4v) is 3.78. The minimum atomic E-state index is 0.289. The van der Waals surface area contributed by atoms with Gasteiger partial charge in [-0.15, -0.1) is 0 Å². The maximum Gasteiger partial charge on any atom is 0.163 e. The van der Waals surface area contributed by atoms with Crippen LogP contribution in [0.1, 0.15) is 71.4 Å². The Morgan fingerprint density at radius 2 is 1.32 bits per heavy atom. The van der Waals surface area contributed by atoms with Gasteiger partial charge in [0.05, 0.1) is 0 Å². The lowest BCUT2D eigenvalue weighted by molar-refractivity contribution is 0.0964. The third-order valence-corrected chi connectivity index (χ3v) is 5.16. The van der Waals surface area contributed by atoms with E-state index in [1.807, 2.05) is 56.3 Å². The Labute approximate surface area is 158 Å². The Balaban J connectivity index is 0.000000165. The summed E-state index contributed by atoms with van der Waals surface area (Å²) in [5, 5.41) is 0. The summed E-state index contributed by atoms with van der Waals surface area (Å²) in [4.78, 5) is 22.7. The quantitative estimate of drug-likeness (QED) is 0.527. The van der Waals surface area contributed by atoms with E-state index >= 15 is 0 Å². The number of ketones is 2. The first kappa shape index (κ1) is 19.6. The van der Waals surface area contributed by atoms with E-state index in [1.165, 1.54) is 11.1 Å². The predicted octanol–water partition coefficient (Wildman–Crippen LogP) is 6.20. The maximum atomic E-state index is 11.4. The van der Waals surface area contributed by atoms with Crippen molar-refractivity contribution in [3.8, 4) is 0 Å². The van der Waals surface area contributed by atoms with Crippen molar-refractivity contribution in [3.63, 3.8) is 0 Å². The van der Waals surface area contributed by atoms with Crippen molar-refractivity contribution in [1.29, 1.82) is 0 Å². The van der Waals surface area contributed by atoms with Crippen molar-refractivity contribution in [3.05, 3.63) is 69.2 Å². The second-order valence-corrected chi connectivity index (χ2v) is 6.83. The van der Waals surface area contributed by atoms with Crippen LogP contribution in [0.3, 0.4) is 0 Å². The number of carbonyl (C=O) groups excluding carboxylic acids is 2. The van der Waals surface area contributed by atoms with Crippen LogP contribution in [0.2, 0.25) is 0 Å². The first-order valence-electron chi connectivity index (χ1n) is 9.08. The molecule has 0 saturated heterocycles. The molecule has 0 fully saturated rings. The number of rotatable bonds is 0. The molecule has 25 heavy (non-hydrogen) atoms. The molecule has 0 amide bonds. The van der Waals surface area contributed by atoms with Crippen molar-refractivity contribution in [2.45, 2.75) is 52.4 Å². The standard InChI is InChI=1S/C10H9BrO.C10H10O.C2H6/c11-9-5-1-4-8-7(9)3-2-6-10(8)12;11-10-7-3-5-8-4-1-2-6-9(8)10;1-2/h1,4-5H,2-3,6H2;1-2,4,6H,3,5,7H2;1-2H3. The molecule has 4 rings (SSSR count). The number of hydrogen-bond acceptors (Lipinski definition) is 2. The molecule has 0 N–H and O–H groups in total. The van der Waals surface area contributed by atoms with Gasteiger partial charge in [0.1, 0.15) is 0 Å². The van der Waals surface area contributed by atoms with Crippen LogP contribution in [0.5, 0.6) is 0 Å². The average molecular weight is 401 g/mol. The number of aryl methyl sites for hydroxylation is 1. The zero-order valence-corrected chi connectivity index (χ0v) is 16.6. The molecule has 0 atom stereocenters. The van der Waals surface area contributed by atoms with Crippen molar-refractivity contribution in [2.75, 3.05) is 0 Å². The molecule has 0 bridgehead atoms. The minimum Gasteiger partial charge on any atom is -0.294 e. The molecule has 2 aliphatic rings. The van der Waals surface area contributed by atoms with Gasteiger partial charge >= 0.3 is 0 Å². The molecule has 0 heterocycles. The van der Waals surface area contributed by atoms with Crippen LogP contribution in [0.15, 0.2) is 46.9 Å². The fourth-order valence-electron chi connectivity index (χ4n) is 3.22. The summed E-state index contributed by atoms with van der Waals surface area (Å²) in [6.45, 7) is 4.00. The monoisotopic (exact) mass is 400 g/mol. The number of carbonyl (C=O) groups is 2. The van der Waals surface area contributed by atoms with Gasteiger partial charge in [-0.05, 0) is 42.9 Å². The van der Waals surface area contributed by atoms with Crippen molar-refractivity contribution >= 4 is 27.5 Å². The Bertz CT molecular complexity index is 749. The van der Waals surface area contributed by atoms with Crippen LogP contribution in [0.25, 0.3) is 0 Å². The van der Waals surface area contributed by atoms with Crippen LogP contribution in [0, 0.1) is 0 Å². The fraction of sp³-hybridized carbons (Fsp3) is 0.364. The van der Waals surface area contributed by atoms with Gasteiger partial charge in [-0.3, -0.25) is 9.59 Å². The molecule has 0 spiro atoms. The minimum absolute atomic E-state index is 0.289. The summed E-state index contributed by atoms with van der Waals surface area (Å²) in [6, 6.07) is 13.7. The first-order chi connectivity index (χ1) is 12.2. The summed E-state index contributed by atoms with van der Waals surface area (Å²) < 4.78 is 1.08. The van der Waals surface area contributed by atoms with Crippen LogP contribution >= 0.6 is 15.9 Å². The van der Waals surface area contributed by atoms with Crippen LogP contribution in [0.4, 0.5) is 0 Å². The zero-order valence-electron chi connectivity index (χ0n) is 15.0. The highest BCUT2D eigenvalue weighted by Gasteiger charge is 2.18. The molecule has 0 aromatic heterocycles. The molecule has 2 aliphatic carbocycles. The van der Waals surface area contributed by atoms with E-state index in [-0.39, 0.29) is 5.78 Å². The summed E-state index contributed by atoms with van der Waals surface area (Å²) >= 11 is 3.46. The molecule has 2 aromatic carbocycles. The van der Waals surface area contributed by atoms with Crippen molar-refractivity contribution in [1.82, 2.24) is 0 Å². The lowest BCUT2D eigenvalue weighted by atomic mass is 9.91. The van der Waals surface area contributed by atoms with Crippen molar-refractivity contribution < 1.29 is 9.59 Å². The van der Waals surface area contributed by atoms with Gasteiger partial charge in [-0.2, -0.15) is 0 Å². The largest absolute Gasteiger partial charge is 0.294 e. The third-order valence-electron chi connectivity index (χ3n) is 4.42. The van der Waals surface area contributed by atoms with Gasteiger partial charge in [0, 0.05) is 28.4 Å². The van der Waals surface area contributed by atoms with Gasteiger partial charge in [-0.1, -0.05) is 66.2 Å². The highest BCUT2D eigenvalue weighted by molar-refractivity contribution is 9.10. The third kappa shape index (κ3) is 4.88. The maximum absolute atomic E-state index is 11.4. The van der Waals surface area contributed by atoms with E-state index in [2.05, 4.69) is 15.9 Å². The summed E-state index contributed by atoms with van der Waals surface area (Å²) in [6.07, 6.45) is 5.56. The summed E-state index contributed by atoms with van der Waals surface area (Å²) in [5.41, 5.74) is 4.27. The zero-order chi connectivity index (χ0) is 18.2. The first-order valence-corrected chi connectivity index (χ1v) is 9.88. The van der Waals surface area contributed by atoms with Gasteiger partial charge in [0.25, 0.3) is 0 Å². The molecule has 132 valence electrons. The molecule has 3 heteroatoms. The highest BCUT2D eigenvalue weighted by Crippen LogP contribution is 2.27. The van der Waals surface area contributed by atoms with E-state index < -0.39 is 0 Å². The van der Waals surface area contributed by atoms with E-state index in [0.29, 0.717) is 12.2 Å². The van der Waals surface area contributed by atoms with E-state index in [0.717, 1.165) is 47.7 Å². The normalized spacial score (nSPS) is 15.0. The number of hydrogen-bond donors (Lipinski definition) is 0. The Kier molecular flexibility index (Phi) is 7.57. The molecule has 0 aliphatic heterocycles. The van der Waals surface area contributed by atoms with E-state index in [9.17, 15) is 9.59 Å². The van der Waals surface area contributed by atoms with Crippen LogP contribution in [-0.2, 0) is 12.8 Å².